The summed E-state index contributed by atoms with van der Waals surface area (Å²) in [6.07, 6.45) is 3.56. The average molecular weight is 397 g/mol. The van der Waals surface area contributed by atoms with Crippen molar-refractivity contribution in [2.45, 2.75) is 13.8 Å². The number of nitrogens with two attached hydrogens (primary N) is 1. The monoisotopic (exact) mass is 396 g/mol. The zero-order chi connectivity index (χ0) is 19.0. The number of nitrogens with zero attached hydrogens (tertiary/aromatic N) is 6. The molecule has 3 heterocycles. The number of aryl methyl sites for hydroxylation is 1. The third-order valence-corrected chi connectivity index (χ3v) is 4.91. The van der Waals surface area contributed by atoms with Crippen LogP contribution in [0.25, 0.3) is 22.0 Å². The van der Waals surface area contributed by atoms with Gasteiger partial charge in [-0.2, -0.15) is 5.10 Å². The zero-order valence-corrected chi connectivity index (χ0v) is 16.3. The molecule has 0 aliphatic rings. The fourth-order valence-corrected chi connectivity index (χ4v) is 3.51. The van der Waals surface area contributed by atoms with Gasteiger partial charge in [0.15, 0.2) is 10.1 Å². The van der Waals surface area contributed by atoms with Crippen molar-refractivity contribution in [2.24, 2.45) is 10.8 Å². The average Bonchev–Trinajstić information content (AvgIpc) is 3.31. The molecule has 8 nitrogen and oxygen atoms in total. The number of fused-ring (bicyclic) bond motifs is 1. The normalized spacial score (nSPS) is 11.5. The van der Waals surface area contributed by atoms with Crippen LogP contribution in [0.15, 0.2) is 40.9 Å². The second kappa shape index (κ2) is 6.89. The van der Waals surface area contributed by atoms with E-state index in [2.05, 4.69) is 20.8 Å². The Bertz CT molecular complexity index is 1150. The van der Waals surface area contributed by atoms with Gasteiger partial charge in [-0.15, -0.1) is 16.4 Å². The van der Waals surface area contributed by atoms with Crippen molar-refractivity contribution >= 4 is 39.8 Å². The van der Waals surface area contributed by atoms with Crippen LogP contribution in [0.2, 0.25) is 0 Å². The second-order valence-electron chi connectivity index (χ2n) is 5.91. The highest BCUT2D eigenvalue weighted by Crippen LogP contribution is 2.27. The summed E-state index contributed by atoms with van der Waals surface area (Å²) in [4.78, 5) is 5.54. The van der Waals surface area contributed by atoms with E-state index in [1.54, 1.807) is 10.9 Å². The fourth-order valence-electron chi connectivity index (χ4n) is 2.74. The molecule has 136 valence electrons. The van der Waals surface area contributed by atoms with Gasteiger partial charge in [-0.25, -0.2) is 9.67 Å². The summed E-state index contributed by atoms with van der Waals surface area (Å²) in [6.45, 7) is 4.02. The Kier molecular flexibility index (Phi) is 4.42. The first kappa shape index (κ1) is 17.3. The Labute approximate surface area is 164 Å². The third-order valence-electron chi connectivity index (χ3n) is 4.06. The molecule has 0 aliphatic carbocycles. The summed E-state index contributed by atoms with van der Waals surface area (Å²) < 4.78 is 3.74. The maximum Gasteiger partial charge on any atom is 0.194 e. The minimum absolute atomic E-state index is 0.0976. The van der Waals surface area contributed by atoms with Crippen molar-refractivity contribution in [3.63, 3.8) is 0 Å². The number of hydrogen-bond acceptors (Lipinski definition) is 6. The van der Waals surface area contributed by atoms with Crippen LogP contribution in [0.1, 0.15) is 17.0 Å². The Morgan fingerprint density at radius 1 is 1.26 bits per heavy atom. The lowest BCUT2D eigenvalue weighted by atomic mass is 10.2. The van der Waals surface area contributed by atoms with Gasteiger partial charge in [0, 0.05) is 11.6 Å². The van der Waals surface area contributed by atoms with Crippen molar-refractivity contribution in [1.82, 2.24) is 29.8 Å². The fraction of sp³-hybridized carbons (Fsp3) is 0.118. The van der Waals surface area contributed by atoms with Gasteiger partial charge in [-0.05, 0) is 38.2 Å². The Morgan fingerprint density at radius 3 is 2.78 bits per heavy atom. The van der Waals surface area contributed by atoms with E-state index in [-0.39, 0.29) is 5.11 Å². The number of imidazole rings is 1. The van der Waals surface area contributed by atoms with E-state index >= 15 is 0 Å². The number of hydrazone groups is 1. The van der Waals surface area contributed by atoms with E-state index in [9.17, 15) is 0 Å². The molecule has 1 aromatic carbocycles. The maximum absolute atomic E-state index is 5.44. The van der Waals surface area contributed by atoms with Gasteiger partial charge in [0.1, 0.15) is 11.4 Å². The molecule has 0 amide bonds. The Morgan fingerprint density at radius 2 is 2.04 bits per heavy atom. The van der Waals surface area contributed by atoms with Crippen molar-refractivity contribution in [1.29, 1.82) is 0 Å². The Balaban J connectivity index is 1.81. The lowest BCUT2D eigenvalue weighted by Gasteiger charge is -2.04. The molecule has 0 atom stereocenters. The Hall–Kier alpha value is -3.11. The van der Waals surface area contributed by atoms with Crippen LogP contribution in [-0.4, -0.2) is 35.7 Å². The molecule has 0 saturated carbocycles. The maximum atomic E-state index is 5.44. The molecule has 4 rings (SSSR count). The molecule has 0 saturated heterocycles. The first-order chi connectivity index (χ1) is 13.0. The largest absolute Gasteiger partial charge is 0.375 e. The molecule has 0 radical (unpaired) electrons. The molecule has 3 N–H and O–H groups in total. The molecule has 3 aromatic heterocycles. The van der Waals surface area contributed by atoms with Crippen molar-refractivity contribution in [3.05, 3.63) is 52.8 Å². The van der Waals surface area contributed by atoms with E-state index < -0.39 is 0 Å². The first-order valence-electron chi connectivity index (χ1n) is 8.08. The smallest absolute Gasteiger partial charge is 0.194 e. The quantitative estimate of drug-likeness (QED) is 0.312. The SMILES string of the molecule is Cc1ccc(-n2nnc(-c3nc4sccn4c3/C=N\NC(N)=S)c2C)cc1. The van der Waals surface area contributed by atoms with E-state index in [1.165, 1.54) is 16.9 Å². The number of hydrogen-bond donors (Lipinski definition) is 2. The minimum Gasteiger partial charge on any atom is -0.375 e. The molecular weight excluding hydrogens is 380 g/mol. The standard InChI is InChI=1S/C17H16N8S2/c1-10-3-5-12(6-4-10)25-11(2)14(21-23-25)15-13(9-19-22-16(18)26)24-7-8-27-17(24)20-15/h3-9H,1-2H3,(H3,18,22,26)/b19-9-. The minimum atomic E-state index is 0.0976. The molecule has 0 unspecified atom stereocenters. The molecule has 10 heteroatoms. The van der Waals surface area contributed by atoms with Gasteiger partial charge >= 0.3 is 0 Å². The van der Waals surface area contributed by atoms with Gasteiger partial charge in [0.25, 0.3) is 0 Å². The van der Waals surface area contributed by atoms with Crippen LogP contribution in [-0.2, 0) is 0 Å². The van der Waals surface area contributed by atoms with Gasteiger partial charge < -0.3 is 5.73 Å². The van der Waals surface area contributed by atoms with Crippen molar-refractivity contribution < 1.29 is 0 Å². The molecule has 0 fully saturated rings. The summed E-state index contributed by atoms with van der Waals surface area (Å²) in [5, 5.41) is 14.8. The molecule has 0 aliphatic heterocycles. The predicted molar refractivity (Wildman–Crippen MR) is 110 cm³/mol. The zero-order valence-electron chi connectivity index (χ0n) is 14.6. The van der Waals surface area contributed by atoms with Gasteiger partial charge in [0.05, 0.1) is 23.3 Å². The molecule has 4 aromatic rings. The number of benzene rings is 1. The predicted octanol–water partition coefficient (Wildman–Crippen LogP) is 2.43. The van der Waals surface area contributed by atoms with Crippen LogP contribution >= 0.6 is 23.6 Å². The lowest BCUT2D eigenvalue weighted by Crippen LogP contribution is -2.24. The highest BCUT2D eigenvalue weighted by Gasteiger charge is 2.20. The molecule has 0 bridgehead atoms. The third kappa shape index (κ3) is 3.20. The summed E-state index contributed by atoms with van der Waals surface area (Å²) in [5.41, 5.74) is 13.2. The number of rotatable bonds is 4. The summed E-state index contributed by atoms with van der Waals surface area (Å²) in [7, 11) is 0. The number of nitrogens with one attached hydrogen (secondary N) is 1. The number of thiazole rings is 1. The summed E-state index contributed by atoms with van der Waals surface area (Å²) >= 11 is 6.32. The van der Waals surface area contributed by atoms with Gasteiger partial charge in [-0.3, -0.25) is 9.83 Å². The highest BCUT2D eigenvalue weighted by atomic mass is 32.1. The van der Waals surface area contributed by atoms with Crippen LogP contribution in [0.5, 0.6) is 0 Å². The van der Waals surface area contributed by atoms with E-state index in [0.717, 1.165) is 22.0 Å². The van der Waals surface area contributed by atoms with Gasteiger partial charge in [0.2, 0.25) is 0 Å². The van der Waals surface area contributed by atoms with E-state index in [4.69, 9.17) is 22.9 Å². The van der Waals surface area contributed by atoms with Crippen LogP contribution in [0.4, 0.5) is 0 Å². The van der Waals surface area contributed by atoms with Crippen LogP contribution in [0.3, 0.4) is 0 Å². The number of thiocarbonyl (C=S) groups is 1. The van der Waals surface area contributed by atoms with Crippen LogP contribution < -0.4 is 11.2 Å². The van der Waals surface area contributed by atoms with E-state index in [0.29, 0.717) is 11.4 Å². The topological polar surface area (TPSA) is 98.4 Å². The highest BCUT2D eigenvalue weighted by molar-refractivity contribution is 7.80. The summed E-state index contributed by atoms with van der Waals surface area (Å²) in [5.74, 6) is 0. The molecule has 0 spiro atoms. The lowest BCUT2D eigenvalue weighted by molar-refractivity contribution is 0.785. The first-order valence-corrected chi connectivity index (χ1v) is 9.37. The number of aromatic nitrogens is 5. The van der Waals surface area contributed by atoms with Crippen LogP contribution in [0, 0.1) is 13.8 Å². The molecule has 27 heavy (non-hydrogen) atoms. The van der Waals surface area contributed by atoms with Crippen molar-refractivity contribution in [3.8, 4) is 17.1 Å². The van der Waals surface area contributed by atoms with Crippen molar-refractivity contribution in [2.75, 3.05) is 0 Å². The molecular formula is C17H16N8S2. The second-order valence-corrected chi connectivity index (χ2v) is 7.22. The summed E-state index contributed by atoms with van der Waals surface area (Å²) in [6, 6.07) is 8.12. The van der Waals surface area contributed by atoms with Gasteiger partial charge in [-0.1, -0.05) is 22.9 Å². The van der Waals surface area contributed by atoms with E-state index in [1.807, 2.05) is 54.1 Å².